The molecule has 0 aliphatic carbocycles. The van der Waals surface area contributed by atoms with E-state index in [1.807, 2.05) is 0 Å². The molecule has 0 fully saturated rings. The molecule has 2 rings (SSSR count). The van der Waals surface area contributed by atoms with Gasteiger partial charge in [0, 0.05) is 23.1 Å². The van der Waals surface area contributed by atoms with Gasteiger partial charge in [-0.25, -0.2) is 8.42 Å². The quantitative estimate of drug-likeness (QED) is 0.853. The van der Waals surface area contributed by atoms with Crippen LogP contribution in [0.2, 0.25) is 5.02 Å². The number of nitrogens with two attached hydrogens (primary N) is 1. The molecule has 0 saturated heterocycles. The predicted molar refractivity (Wildman–Crippen MR) is 80.4 cm³/mol. The minimum Gasteiger partial charge on any atom is -0.398 e. The summed E-state index contributed by atoms with van der Waals surface area (Å²) in [4.78, 5) is 3.99. The number of nitrogens with zero attached hydrogens (tertiary/aromatic N) is 1. The number of rotatable bonds is 3. The molecule has 0 amide bonds. The number of hydrogen-bond acceptors (Lipinski definition) is 4. The second-order valence-corrected chi connectivity index (χ2v) is 6.50. The van der Waals surface area contributed by atoms with Crippen molar-refractivity contribution < 1.29 is 8.42 Å². The molecule has 1 heterocycles. The fraction of sp³-hybridized carbons (Fsp3) is 0.154. The molecule has 1 aromatic heterocycles. The summed E-state index contributed by atoms with van der Waals surface area (Å²) < 4.78 is 27.4. The van der Waals surface area contributed by atoms with Crippen LogP contribution in [0, 0.1) is 13.8 Å². The Morgan fingerprint density at radius 3 is 2.65 bits per heavy atom. The summed E-state index contributed by atoms with van der Waals surface area (Å²) in [7, 11) is -3.75. The van der Waals surface area contributed by atoms with Crippen LogP contribution in [0.4, 0.5) is 11.4 Å². The molecule has 0 atom stereocenters. The van der Waals surface area contributed by atoms with Crippen LogP contribution in [0.15, 0.2) is 35.5 Å². The number of halogens is 1. The number of nitrogen functional groups attached to an aromatic ring is 1. The molecule has 2 aromatic rings. The average Bonchev–Trinajstić information content (AvgIpc) is 2.36. The number of benzene rings is 1. The molecule has 1 aromatic carbocycles. The first-order valence-electron chi connectivity index (χ1n) is 5.80. The summed E-state index contributed by atoms with van der Waals surface area (Å²) in [5.41, 5.74) is 7.75. The Bertz CT molecular complexity index is 760. The summed E-state index contributed by atoms with van der Waals surface area (Å²) >= 11 is 5.88. The SMILES string of the molecule is Cc1cnccc1NS(=O)(=O)c1cc(Cl)cc(N)c1C. The Hall–Kier alpha value is -1.79. The fourth-order valence-electron chi connectivity index (χ4n) is 1.74. The highest BCUT2D eigenvalue weighted by Gasteiger charge is 2.20. The maximum atomic E-state index is 12.4. The highest BCUT2D eigenvalue weighted by atomic mass is 35.5. The molecule has 0 spiro atoms. The van der Waals surface area contributed by atoms with Gasteiger partial charge in [0.15, 0.2) is 0 Å². The van der Waals surface area contributed by atoms with E-state index in [-0.39, 0.29) is 9.92 Å². The minimum absolute atomic E-state index is 0.0683. The van der Waals surface area contributed by atoms with Crippen molar-refractivity contribution in [2.45, 2.75) is 18.7 Å². The number of anilines is 2. The van der Waals surface area contributed by atoms with Gasteiger partial charge < -0.3 is 5.73 Å². The minimum atomic E-state index is -3.75. The monoisotopic (exact) mass is 311 g/mol. The van der Waals surface area contributed by atoms with Crippen LogP contribution in [-0.2, 0) is 10.0 Å². The van der Waals surface area contributed by atoms with Crippen LogP contribution in [0.1, 0.15) is 11.1 Å². The largest absolute Gasteiger partial charge is 0.398 e. The van der Waals surface area contributed by atoms with Crippen LogP contribution in [-0.4, -0.2) is 13.4 Å². The van der Waals surface area contributed by atoms with Crippen LogP contribution < -0.4 is 10.5 Å². The maximum Gasteiger partial charge on any atom is 0.262 e. The van der Waals surface area contributed by atoms with Crippen LogP contribution in [0.5, 0.6) is 0 Å². The lowest BCUT2D eigenvalue weighted by Gasteiger charge is -2.13. The normalized spacial score (nSPS) is 11.3. The number of sulfonamides is 1. The molecule has 0 bridgehead atoms. The topological polar surface area (TPSA) is 85.1 Å². The van der Waals surface area contributed by atoms with E-state index in [2.05, 4.69) is 9.71 Å². The summed E-state index contributed by atoms with van der Waals surface area (Å²) in [6.45, 7) is 3.41. The molecule has 0 saturated carbocycles. The third-order valence-corrected chi connectivity index (χ3v) is 4.63. The van der Waals surface area contributed by atoms with Crippen molar-refractivity contribution >= 4 is 33.0 Å². The van der Waals surface area contributed by atoms with E-state index in [0.717, 1.165) is 5.56 Å². The van der Waals surface area contributed by atoms with Crippen molar-refractivity contribution in [1.82, 2.24) is 4.98 Å². The zero-order chi connectivity index (χ0) is 14.9. The summed E-state index contributed by atoms with van der Waals surface area (Å²) in [5.74, 6) is 0. The smallest absolute Gasteiger partial charge is 0.262 e. The Balaban J connectivity index is 2.49. The zero-order valence-corrected chi connectivity index (χ0v) is 12.6. The van der Waals surface area contributed by atoms with Crippen molar-refractivity contribution in [3.05, 3.63) is 46.7 Å². The van der Waals surface area contributed by atoms with Gasteiger partial charge in [-0.05, 0) is 43.2 Å². The van der Waals surface area contributed by atoms with Crippen molar-refractivity contribution in [1.29, 1.82) is 0 Å². The highest BCUT2D eigenvalue weighted by molar-refractivity contribution is 7.92. The van der Waals surface area contributed by atoms with E-state index in [1.165, 1.54) is 18.3 Å². The van der Waals surface area contributed by atoms with Crippen LogP contribution in [0.3, 0.4) is 0 Å². The van der Waals surface area contributed by atoms with Gasteiger partial charge >= 0.3 is 0 Å². The van der Waals surface area contributed by atoms with Gasteiger partial charge in [0.25, 0.3) is 10.0 Å². The number of nitrogens with one attached hydrogen (secondary N) is 1. The zero-order valence-electron chi connectivity index (χ0n) is 11.0. The molecule has 106 valence electrons. The first kappa shape index (κ1) is 14.6. The molecular weight excluding hydrogens is 298 g/mol. The molecule has 0 aliphatic heterocycles. The lowest BCUT2D eigenvalue weighted by Crippen LogP contribution is -2.15. The molecule has 0 unspecified atom stereocenters. The number of aromatic nitrogens is 1. The van der Waals surface area contributed by atoms with E-state index in [0.29, 0.717) is 16.9 Å². The molecule has 5 nitrogen and oxygen atoms in total. The second-order valence-electron chi connectivity index (χ2n) is 4.41. The Labute approximate surface area is 122 Å². The Morgan fingerprint density at radius 1 is 1.30 bits per heavy atom. The lowest BCUT2D eigenvalue weighted by molar-refractivity contribution is 0.600. The van der Waals surface area contributed by atoms with Gasteiger partial charge in [-0.3, -0.25) is 9.71 Å². The van der Waals surface area contributed by atoms with Crippen molar-refractivity contribution in [3.63, 3.8) is 0 Å². The van der Waals surface area contributed by atoms with Gasteiger partial charge in [-0.15, -0.1) is 0 Å². The standard InChI is InChI=1S/C13H14ClN3O2S/c1-8-7-16-4-3-12(8)17-20(18,19)13-6-10(14)5-11(15)9(13)2/h3-7H,15H2,1-2H3,(H,16,17). The van der Waals surface area contributed by atoms with Crippen molar-refractivity contribution in [3.8, 4) is 0 Å². The first-order chi connectivity index (χ1) is 9.31. The Kier molecular flexibility index (Phi) is 3.87. The fourth-order valence-corrected chi connectivity index (χ4v) is 3.46. The summed E-state index contributed by atoms with van der Waals surface area (Å²) in [6, 6.07) is 4.50. The van der Waals surface area contributed by atoms with Crippen molar-refractivity contribution in [2.24, 2.45) is 0 Å². The molecule has 0 aliphatic rings. The van der Waals surface area contributed by atoms with Crippen molar-refractivity contribution in [2.75, 3.05) is 10.5 Å². The number of aryl methyl sites for hydroxylation is 1. The van der Waals surface area contributed by atoms with Gasteiger partial charge in [-0.1, -0.05) is 11.6 Å². The van der Waals surface area contributed by atoms with Crippen LogP contribution >= 0.6 is 11.6 Å². The van der Waals surface area contributed by atoms with Gasteiger partial charge in [-0.2, -0.15) is 0 Å². The van der Waals surface area contributed by atoms with Gasteiger partial charge in [0.05, 0.1) is 10.6 Å². The molecule has 3 N–H and O–H groups in total. The maximum absolute atomic E-state index is 12.4. The second kappa shape index (κ2) is 5.30. The molecule has 7 heteroatoms. The summed E-state index contributed by atoms with van der Waals surface area (Å²) in [5, 5.41) is 0.278. The molecule has 20 heavy (non-hydrogen) atoms. The third kappa shape index (κ3) is 2.86. The molecular formula is C13H14ClN3O2S. The van der Waals surface area contributed by atoms with E-state index in [1.54, 1.807) is 26.1 Å². The first-order valence-corrected chi connectivity index (χ1v) is 7.66. The summed E-state index contributed by atoms with van der Waals surface area (Å²) in [6.07, 6.45) is 3.10. The van der Waals surface area contributed by atoms with Gasteiger partial charge in [0.1, 0.15) is 0 Å². The predicted octanol–water partition coefficient (Wildman–Crippen LogP) is 2.73. The molecule has 0 radical (unpaired) electrons. The third-order valence-electron chi connectivity index (χ3n) is 2.92. The highest BCUT2D eigenvalue weighted by Crippen LogP contribution is 2.28. The average molecular weight is 312 g/mol. The van der Waals surface area contributed by atoms with Gasteiger partial charge in [0.2, 0.25) is 0 Å². The van der Waals surface area contributed by atoms with E-state index in [4.69, 9.17) is 17.3 Å². The number of hydrogen-bond donors (Lipinski definition) is 2. The Morgan fingerprint density at radius 2 is 2.00 bits per heavy atom. The van der Waals surface area contributed by atoms with E-state index < -0.39 is 10.0 Å². The van der Waals surface area contributed by atoms with E-state index >= 15 is 0 Å². The number of pyridine rings is 1. The van der Waals surface area contributed by atoms with E-state index in [9.17, 15) is 8.42 Å². The lowest BCUT2D eigenvalue weighted by atomic mass is 10.2. The van der Waals surface area contributed by atoms with Crippen LogP contribution in [0.25, 0.3) is 0 Å².